The van der Waals surface area contributed by atoms with E-state index < -0.39 is 0 Å². The first-order valence-corrected chi connectivity index (χ1v) is 6.74. The standard InChI is InChI=1S/C15H19N3/c1-2-6-14-13(5-1)15(8-11-18-14)17-10-7-12-4-3-9-16-12/h1-2,5-6,8,11-12,16H,3-4,7,9-10H2,(H,17,18). The predicted molar refractivity (Wildman–Crippen MR) is 75.9 cm³/mol. The monoisotopic (exact) mass is 241 g/mol. The molecule has 0 bridgehead atoms. The van der Waals surface area contributed by atoms with Crippen molar-refractivity contribution in [2.75, 3.05) is 18.4 Å². The fraction of sp³-hybridized carbons (Fsp3) is 0.400. The van der Waals surface area contributed by atoms with Gasteiger partial charge in [0, 0.05) is 29.9 Å². The van der Waals surface area contributed by atoms with Gasteiger partial charge in [0.05, 0.1) is 5.52 Å². The summed E-state index contributed by atoms with van der Waals surface area (Å²) in [5.74, 6) is 0. The third-order valence-electron chi connectivity index (χ3n) is 3.62. The smallest absolute Gasteiger partial charge is 0.0722 e. The molecule has 2 aromatic rings. The number of pyridine rings is 1. The van der Waals surface area contributed by atoms with Crippen LogP contribution in [0.1, 0.15) is 19.3 Å². The van der Waals surface area contributed by atoms with Crippen LogP contribution in [0.2, 0.25) is 0 Å². The Hall–Kier alpha value is -1.61. The highest BCUT2D eigenvalue weighted by molar-refractivity contribution is 5.90. The van der Waals surface area contributed by atoms with Gasteiger partial charge in [0.2, 0.25) is 0 Å². The number of rotatable bonds is 4. The van der Waals surface area contributed by atoms with Crippen molar-refractivity contribution < 1.29 is 0 Å². The highest BCUT2D eigenvalue weighted by Gasteiger charge is 2.13. The molecular weight excluding hydrogens is 222 g/mol. The first-order valence-electron chi connectivity index (χ1n) is 6.74. The Morgan fingerprint density at radius 2 is 2.22 bits per heavy atom. The van der Waals surface area contributed by atoms with E-state index in [9.17, 15) is 0 Å². The molecule has 3 heteroatoms. The van der Waals surface area contributed by atoms with Crippen LogP contribution in [0.4, 0.5) is 5.69 Å². The molecule has 2 N–H and O–H groups in total. The molecule has 94 valence electrons. The van der Waals surface area contributed by atoms with Crippen molar-refractivity contribution in [1.29, 1.82) is 0 Å². The van der Waals surface area contributed by atoms with Crippen LogP contribution < -0.4 is 10.6 Å². The summed E-state index contributed by atoms with van der Waals surface area (Å²) in [5.41, 5.74) is 2.25. The van der Waals surface area contributed by atoms with E-state index in [1.807, 2.05) is 12.3 Å². The largest absolute Gasteiger partial charge is 0.384 e. The van der Waals surface area contributed by atoms with E-state index >= 15 is 0 Å². The van der Waals surface area contributed by atoms with Crippen molar-refractivity contribution in [3.8, 4) is 0 Å². The molecule has 1 atom stereocenters. The minimum Gasteiger partial charge on any atom is -0.384 e. The van der Waals surface area contributed by atoms with Gasteiger partial charge in [0.15, 0.2) is 0 Å². The van der Waals surface area contributed by atoms with Crippen LogP contribution in [0.5, 0.6) is 0 Å². The number of nitrogens with one attached hydrogen (secondary N) is 2. The van der Waals surface area contributed by atoms with E-state index in [2.05, 4.69) is 39.9 Å². The van der Waals surface area contributed by atoms with Crippen LogP contribution in [0.15, 0.2) is 36.5 Å². The lowest BCUT2D eigenvalue weighted by Gasteiger charge is -2.12. The molecule has 18 heavy (non-hydrogen) atoms. The highest BCUT2D eigenvalue weighted by Crippen LogP contribution is 2.21. The summed E-state index contributed by atoms with van der Waals surface area (Å²) in [6.45, 7) is 2.20. The van der Waals surface area contributed by atoms with Crippen LogP contribution in [0.3, 0.4) is 0 Å². The van der Waals surface area contributed by atoms with Crippen LogP contribution >= 0.6 is 0 Å². The topological polar surface area (TPSA) is 37.0 Å². The maximum absolute atomic E-state index is 4.38. The molecule has 1 aromatic carbocycles. The second-order valence-electron chi connectivity index (χ2n) is 4.88. The molecule has 3 rings (SSSR count). The third-order valence-corrected chi connectivity index (χ3v) is 3.62. The van der Waals surface area contributed by atoms with Crippen LogP contribution in [0.25, 0.3) is 10.9 Å². The molecule has 1 aliphatic heterocycles. The van der Waals surface area contributed by atoms with Gasteiger partial charge in [-0.1, -0.05) is 18.2 Å². The normalized spacial score (nSPS) is 19.2. The number of para-hydroxylation sites is 1. The Bertz CT molecular complexity index is 513. The van der Waals surface area contributed by atoms with Crippen molar-refractivity contribution in [3.05, 3.63) is 36.5 Å². The lowest BCUT2D eigenvalue weighted by molar-refractivity contribution is 0.574. The fourth-order valence-corrected chi connectivity index (χ4v) is 2.63. The van der Waals surface area contributed by atoms with E-state index in [1.54, 1.807) is 0 Å². The Morgan fingerprint density at radius 1 is 1.28 bits per heavy atom. The summed E-state index contributed by atoms with van der Waals surface area (Å²) >= 11 is 0. The van der Waals surface area contributed by atoms with Crippen molar-refractivity contribution in [2.24, 2.45) is 0 Å². The summed E-state index contributed by atoms with van der Waals surface area (Å²) in [5, 5.41) is 8.27. The summed E-state index contributed by atoms with van der Waals surface area (Å²) in [6.07, 6.45) is 5.71. The second kappa shape index (κ2) is 5.36. The van der Waals surface area contributed by atoms with E-state index in [4.69, 9.17) is 0 Å². The van der Waals surface area contributed by atoms with Crippen molar-refractivity contribution >= 4 is 16.6 Å². The van der Waals surface area contributed by atoms with Gasteiger partial charge in [-0.2, -0.15) is 0 Å². The zero-order chi connectivity index (χ0) is 12.2. The number of fused-ring (bicyclic) bond motifs is 1. The highest BCUT2D eigenvalue weighted by atomic mass is 15.0. The van der Waals surface area contributed by atoms with Gasteiger partial charge in [0.25, 0.3) is 0 Å². The predicted octanol–water partition coefficient (Wildman–Crippen LogP) is 2.79. The molecule has 1 saturated heterocycles. The fourth-order valence-electron chi connectivity index (χ4n) is 2.63. The molecule has 0 saturated carbocycles. The molecule has 0 aliphatic carbocycles. The lowest BCUT2D eigenvalue weighted by atomic mass is 10.1. The quantitative estimate of drug-likeness (QED) is 0.864. The SMILES string of the molecule is c1ccc2c(NCCC3CCCN3)ccnc2c1. The van der Waals surface area contributed by atoms with Gasteiger partial charge in [-0.3, -0.25) is 4.98 Å². The zero-order valence-corrected chi connectivity index (χ0v) is 10.5. The molecule has 1 aliphatic rings. The Balaban J connectivity index is 1.66. The number of hydrogen-bond donors (Lipinski definition) is 2. The molecule has 1 aromatic heterocycles. The second-order valence-corrected chi connectivity index (χ2v) is 4.88. The maximum atomic E-state index is 4.38. The van der Waals surface area contributed by atoms with Gasteiger partial charge in [0.1, 0.15) is 0 Å². The van der Waals surface area contributed by atoms with Crippen molar-refractivity contribution in [1.82, 2.24) is 10.3 Å². The number of benzene rings is 1. The van der Waals surface area contributed by atoms with Gasteiger partial charge in [-0.25, -0.2) is 0 Å². The zero-order valence-electron chi connectivity index (χ0n) is 10.5. The average molecular weight is 241 g/mol. The van der Waals surface area contributed by atoms with Crippen molar-refractivity contribution in [3.63, 3.8) is 0 Å². The number of anilines is 1. The first kappa shape index (κ1) is 11.5. The van der Waals surface area contributed by atoms with Gasteiger partial charge in [-0.15, -0.1) is 0 Å². The Labute approximate surface area is 108 Å². The van der Waals surface area contributed by atoms with Crippen molar-refractivity contribution in [2.45, 2.75) is 25.3 Å². The number of nitrogens with zero attached hydrogens (tertiary/aromatic N) is 1. The molecule has 3 nitrogen and oxygen atoms in total. The summed E-state index contributed by atoms with van der Waals surface area (Å²) in [7, 11) is 0. The van der Waals surface area contributed by atoms with Crippen LogP contribution in [0, 0.1) is 0 Å². The Morgan fingerprint density at radius 3 is 3.11 bits per heavy atom. The van der Waals surface area contributed by atoms with E-state index in [0.717, 1.165) is 12.1 Å². The molecule has 1 unspecified atom stereocenters. The molecule has 2 heterocycles. The molecule has 0 radical (unpaired) electrons. The molecule has 1 fully saturated rings. The third kappa shape index (κ3) is 2.46. The number of aromatic nitrogens is 1. The maximum Gasteiger partial charge on any atom is 0.0722 e. The van der Waals surface area contributed by atoms with Crippen LogP contribution in [-0.2, 0) is 0 Å². The minimum atomic E-state index is 0.700. The first-order chi connectivity index (χ1) is 8.93. The van der Waals surface area contributed by atoms with Gasteiger partial charge < -0.3 is 10.6 Å². The van der Waals surface area contributed by atoms with E-state index in [0.29, 0.717) is 6.04 Å². The van der Waals surface area contributed by atoms with E-state index in [-0.39, 0.29) is 0 Å². The number of hydrogen-bond acceptors (Lipinski definition) is 3. The van der Waals surface area contributed by atoms with E-state index in [1.165, 1.54) is 36.9 Å². The lowest BCUT2D eigenvalue weighted by Crippen LogP contribution is -2.24. The molecular formula is C15H19N3. The van der Waals surface area contributed by atoms with Gasteiger partial charge in [-0.05, 0) is 37.9 Å². The Kier molecular flexibility index (Phi) is 3.42. The minimum absolute atomic E-state index is 0.700. The molecule has 0 spiro atoms. The summed E-state index contributed by atoms with van der Waals surface area (Å²) in [4.78, 5) is 4.38. The molecule has 0 amide bonds. The average Bonchev–Trinajstić information content (AvgIpc) is 2.92. The van der Waals surface area contributed by atoms with Gasteiger partial charge >= 0.3 is 0 Å². The van der Waals surface area contributed by atoms with Crippen LogP contribution in [-0.4, -0.2) is 24.1 Å². The summed E-state index contributed by atoms with van der Waals surface area (Å²) < 4.78 is 0. The summed E-state index contributed by atoms with van der Waals surface area (Å²) in [6, 6.07) is 11.0.